The molecule has 0 aliphatic heterocycles. The summed E-state index contributed by atoms with van der Waals surface area (Å²) < 4.78 is 5.14. The van der Waals surface area contributed by atoms with E-state index in [1.807, 2.05) is 37.3 Å². The molecule has 0 bridgehead atoms. The highest BCUT2D eigenvalue weighted by molar-refractivity contribution is 6.32. The zero-order chi connectivity index (χ0) is 16.9. The van der Waals surface area contributed by atoms with Crippen molar-refractivity contribution in [2.45, 2.75) is 6.92 Å². The van der Waals surface area contributed by atoms with Crippen molar-refractivity contribution < 1.29 is 4.74 Å². The molecule has 0 fully saturated rings. The molecular formula is C17H16ClN5O. The minimum Gasteiger partial charge on any atom is -0.495 e. The van der Waals surface area contributed by atoms with E-state index in [2.05, 4.69) is 25.8 Å². The molecule has 0 aliphatic carbocycles. The first-order chi connectivity index (χ1) is 11.6. The number of aromatic nitrogens is 3. The predicted molar refractivity (Wildman–Crippen MR) is 95.6 cm³/mol. The van der Waals surface area contributed by atoms with Crippen LogP contribution in [0.25, 0.3) is 0 Å². The highest BCUT2D eigenvalue weighted by atomic mass is 35.5. The van der Waals surface area contributed by atoms with Gasteiger partial charge < -0.3 is 15.4 Å². The fourth-order valence-electron chi connectivity index (χ4n) is 2.16. The lowest BCUT2D eigenvalue weighted by atomic mass is 10.2. The molecule has 0 saturated heterocycles. The number of nitrogens with one attached hydrogen (secondary N) is 2. The molecule has 3 rings (SSSR count). The molecule has 0 aliphatic rings. The van der Waals surface area contributed by atoms with Crippen molar-refractivity contribution in [1.82, 2.24) is 15.2 Å². The van der Waals surface area contributed by atoms with Gasteiger partial charge in [0.1, 0.15) is 5.75 Å². The molecule has 0 saturated carbocycles. The second-order valence-electron chi connectivity index (χ2n) is 5.13. The lowest BCUT2D eigenvalue weighted by molar-refractivity contribution is 0.415. The number of hydrogen-bond donors (Lipinski definition) is 2. The van der Waals surface area contributed by atoms with E-state index in [1.54, 1.807) is 25.4 Å². The van der Waals surface area contributed by atoms with E-state index in [0.717, 1.165) is 16.9 Å². The van der Waals surface area contributed by atoms with Crippen LogP contribution < -0.4 is 15.4 Å². The molecule has 0 unspecified atom stereocenters. The number of nitrogens with zero attached hydrogens (tertiary/aromatic N) is 3. The Hall–Kier alpha value is -2.86. The number of hydrogen-bond acceptors (Lipinski definition) is 6. The molecule has 0 radical (unpaired) electrons. The first kappa shape index (κ1) is 16.0. The van der Waals surface area contributed by atoms with E-state index in [1.165, 1.54) is 0 Å². The van der Waals surface area contributed by atoms with Crippen molar-refractivity contribution in [3.8, 4) is 5.75 Å². The van der Waals surface area contributed by atoms with E-state index < -0.39 is 0 Å². The second-order valence-corrected chi connectivity index (χ2v) is 5.54. The third-order valence-corrected chi connectivity index (χ3v) is 3.55. The Balaban J connectivity index is 1.76. The number of benzene rings is 2. The largest absolute Gasteiger partial charge is 0.495 e. The quantitative estimate of drug-likeness (QED) is 0.719. The van der Waals surface area contributed by atoms with E-state index in [4.69, 9.17) is 16.3 Å². The summed E-state index contributed by atoms with van der Waals surface area (Å²) in [6, 6.07) is 13.3. The van der Waals surface area contributed by atoms with Crippen LogP contribution in [-0.2, 0) is 0 Å². The fourth-order valence-corrected chi connectivity index (χ4v) is 2.42. The topological polar surface area (TPSA) is 72.0 Å². The van der Waals surface area contributed by atoms with Crippen LogP contribution in [0.2, 0.25) is 5.02 Å². The van der Waals surface area contributed by atoms with Gasteiger partial charge in [-0.3, -0.25) is 0 Å². The van der Waals surface area contributed by atoms with Crippen molar-refractivity contribution in [1.29, 1.82) is 0 Å². The molecule has 1 aromatic heterocycles. The van der Waals surface area contributed by atoms with Gasteiger partial charge in [-0.15, -0.1) is 5.10 Å². The fraction of sp³-hybridized carbons (Fsp3) is 0.118. The van der Waals surface area contributed by atoms with Crippen molar-refractivity contribution in [2.75, 3.05) is 17.7 Å². The van der Waals surface area contributed by atoms with Crippen LogP contribution in [0.3, 0.4) is 0 Å². The van der Waals surface area contributed by atoms with Crippen LogP contribution in [-0.4, -0.2) is 22.3 Å². The van der Waals surface area contributed by atoms with Crippen LogP contribution in [0.5, 0.6) is 5.75 Å². The van der Waals surface area contributed by atoms with E-state index >= 15 is 0 Å². The predicted octanol–water partition coefficient (Wildman–Crippen LogP) is 4.33. The van der Waals surface area contributed by atoms with Crippen LogP contribution in [0.1, 0.15) is 5.56 Å². The molecule has 2 aromatic carbocycles. The van der Waals surface area contributed by atoms with E-state index in [-0.39, 0.29) is 0 Å². The molecule has 6 nitrogen and oxygen atoms in total. The Morgan fingerprint density at radius 3 is 2.62 bits per heavy atom. The molecule has 0 amide bonds. The molecular weight excluding hydrogens is 326 g/mol. The number of aryl methyl sites for hydroxylation is 1. The average Bonchev–Trinajstić information content (AvgIpc) is 2.55. The van der Waals surface area contributed by atoms with Gasteiger partial charge in [0, 0.05) is 11.4 Å². The summed E-state index contributed by atoms with van der Waals surface area (Å²) in [5, 5.41) is 14.7. The summed E-state index contributed by atoms with van der Waals surface area (Å²) in [6.07, 6.45) is 1.54. The lowest BCUT2D eigenvalue weighted by Gasteiger charge is -2.09. The third kappa shape index (κ3) is 3.91. The number of anilines is 4. The van der Waals surface area contributed by atoms with Gasteiger partial charge >= 0.3 is 0 Å². The number of rotatable bonds is 5. The van der Waals surface area contributed by atoms with Crippen LogP contribution >= 0.6 is 11.6 Å². The Kier molecular flexibility index (Phi) is 4.77. The van der Waals surface area contributed by atoms with Gasteiger partial charge in [0.15, 0.2) is 5.82 Å². The number of ether oxygens (including phenoxy) is 1. The van der Waals surface area contributed by atoms with Gasteiger partial charge in [0.05, 0.1) is 18.3 Å². The van der Waals surface area contributed by atoms with Crippen molar-refractivity contribution >= 4 is 34.7 Å². The standard InChI is InChI=1S/C17H16ClN5O/c1-11-4-3-5-12(8-11)21-17-22-16(10-19-23-17)20-13-6-7-15(24-2)14(18)9-13/h3-10H,1-2H3,(H2,20,21,22,23). The third-order valence-electron chi connectivity index (χ3n) is 3.26. The summed E-state index contributed by atoms with van der Waals surface area (Å²) in [5.41, 5.74) is 2.83. The van der Waals surface area contributed by atoms with Gasteiger partial charge in [-0.1, -0.05) is 23.7 Å². The summed E-state index contributed by atoms with van der Waals surface area (Å²) in [5.74, 6) is 1.58. The zero-order valence-corrected chi connectivity index (χ0v) is 14.0. The van der Waals surface area contributed by atoms with Crippen LogP contribution in [0.15, 0.2) is 48.7 Å². The molecule has 7 heteroatoms. The maximum absolute atomic E-state index is 6.12. The average molecular weight is 342 g/mol. The molecule has 0 atom stereocenters. The van der Waals surface area contributed by atoms with Gasteiger partial charge in [-0.05, 0) is 42.8 Å². The SMILES string of the molecule is COc1ccc(Nc2cnnc(Nc3cccc(C)c3)n2)cc1Cl. The molecule has 3 aromatic rings. The first-order valence-electron chi connectivity index (χ1n) is 7.28. The Morgan fingerprint density at radius 2 is 1.88 bits per heavy atom. The van der Waals surface area contributed by atoms with Gasteiger partial charge in [-0.25, -0.2) is 0 Å². The van der Waals surface area contributed by atoms with Crippen molar-refractivity contribution in [3.05, 3.63) is 59.2 Å². The summed E-state index contributed by atoms with van der Waals surface area (Å²) in [6.45, 7) is 2.02. The maximum Gasteiger partial charge on any atom is 0.249 e. The van der Waals surface area contributed by atoms with Crippen LogP contribution in [0.4, 0.5) is 23.1 Å². The van der Waals surface area contributed by atoms with E-state index in [9.17, 15) is 0 Å². The molecule has 122 valence electrons. The highest BCUT2D eigenvalue weighted by Crippen LogP contribution is 2.28. The molecule has 2 N–H and O–H groups in total. The zero-order valence-electron chi connectivity index (χ0n) is 13.2. The first-order valence-corrected chi connectivity index (χ1v) is 7.66. The van der Waals surface area contributed by atoms with Gasteiger partial charge in [0.2, 0.25) is 5.95 Å². The second kappa shape index (κ2) is 7.14. The summed E-state index contributed by atoms with van der Waals surface area (Å²) in [4.78, 5) is 4.40. The smallest absolute Gasteiger partial charge is 0.249 e. The molecule has 1 heterocycles. The minimum atomic E-state index is 0.408. The Morgan fingerprint density at radius 1 is 1.04 bits per heavy atom. The van der Waals surface area contributed by atoms with Gasteiger partial charge in [0.25, 0.3) is 0 Å². The van der Waals surface area contributed by atoms with Crippen molar-refractivity contribution in [2.24, 2.45) is 0 Å². The number of methoxy groups -OCH3 is 1. The van der Waals surface area contributed by atoms with Crippen LogP contribution in [0, 0.1) is 6.92 Å². The summed E-state index contributed by atoms with van der Waals surface area (Å²) >= 11 is 6.12. The Bertz CT molecular complexity index is 856. The summed E-state index contributed by atoms with van der Waals surface area (Å²) in [7, 11) is 1.58. The monoisotopic (exact) mass is 341 g/mol. The van der Waals surface area contributed by atoms with Crippen molar-refractivity contribution in [3.63, 3.8) is 0 Å². The van der Waals surface area contributed by atoms with E-state index in [0.29, 0.717) is 22.5 Å². The Labute approximate surface area is 144 Å². The van der Waals surface area contributed by atoms with Gasteiger partial charge in [-0.2, -0.15) is 10.1 Å². The molecule has 24 heavy (non-hydrogen) atoms. The molecule has 0 spiro atoms. The maximum atomic E-state index is 6.12. The minimum absolute atomic E-state index is 0.408. The normalized spacial score (nSPS) is 10.3. The number of halogens is 1. The lowest BCUT2D eigenvalue weighted by Crippen LogP contribution is -2.02. The highest BCUT2D eigenvalue weighted by Gasteiger charge is 2.05.